The predicted molar refractivity (Wildman–Crippen MR) is 42.2 cm³/mol. The minimum atomic E-state index is -4.85. The summed E-state index contributed by atoms with van der Waals surface area (Å²) in [6, 6.07) is 6.76. The topological polar surface area (TPSA) is 17.1 Å². The molecule has 0 heterocycles. The van der Waals surface area contributed by atoms with Crippen molar-refractivity contribution in [2.75, 3.05) is 0 Å². The van der Waals surface area contributed by atoms with Crippen molar-refractivity contribution < 1.29 is 18.0 Å². The summed E-state index contributed by atoms with van der Waals surface area (Å²) < 4.78 is 36.0. The third kappa shape index (κ3) is 2.46. The van der Waals surface area contributed by atoms with E-state index in [1.807, 2.05) is 0 Å². The predicted octanol–water partition coefficient (Wildman–Crippen LogP) is 2.79. The van der Waals surface area contributed by atoms with Crippen molar-refractivity contribution in [1.29, 1.82) is 0 Å². The molecule has 68 valence electrons. The summed E-state index contributed by atoms with van der Waals surface area (Å²) in [5, 5.41) is 0. The van der Waals surface area contributed by atoms with Gasteiger partial charge in [0, 0.05) is 0 Å². The van der Waals surface area contributed by atoms with Crippen LogP contribution in [0.15, 0.2) is 16.6 Å². The molecule has 0 N–H and O–H groups in total. The number of rotatable bonds is 1. The van der Waals surface area contributed by atoms with Gasteiger partial charge < -0.3 is 0 Å². The van der Waals surface area contributed by atoms with Gasteiger partial charge in [0.25, 0.3) is 5.78 Å². The molecule has 5 heteroatoms. The minimum Gasteiger partial charge on any atom is -0.283 e. The highest BCUT2D eigenvalue weighted by Crippen LogP contribution is 2.20. The third-order valence-electron chi connectivity index (χ3n) is 1.22. The van der Waals surface area contributed by atoms with E-state index in [1.165, 1.54) is 6.07 Å². The quantitative estimate of drug-likeness (QED) is 0.701. The van der Waals surface area contributed by atoms with Gasteiger partial charge in [0.2, 0.25) is 0 Å². The fourth-order valence-electron chi connectivity index (χ4n) is 0.652. The molecule has 0 saturated carbocycles. The Labute approximate surface area is 80.7 Å². The minimum absolute atomic E-state index is 0.450. The molecule has 0 fully saturated rings. The molecule has 0 bridgehead atoms. The third-order valence-corrected chi connectivity index (χ3v) is 1.68. The van der Waals surface area contributed by atoms with Crippen molar-refractivity contribution in [2.45, 2.75) is 6.18 Å². The van der Waals surface area contributed by atoms with Crippen molar-refractivity contribution in [3.63, 3.8) is 0 Å². The number of Topliss-reactive ketones (excluding diaryl/α,β-unsaturated/α-hetero) is 1. The molecule has 1 nitrogen and oxygen atoms in total. The summed E-state index contributed by atoms with van der Waals surface area (Å²) >= 11 is 2.97. The monoisotopic (exact) mass is 250 g/mol. The van der Waals surface area contributed by atoms with Crippen LogP contribution in [0.2, 0.25) is 0 Å². The van der Waals surface area contributed by atoms with E-state index in [0.717, 1.165) is 6.07 Å². The summed E-state index contributed by atoms with van der Waals surface area (Å²) in [7, 11) is 0. The summed E-state index contributed by atoms with van der Waals surface area (Å²) in [5.41, 5.74) is -0.532. The molecule has 1 aromatic rings. The van der Waals surface area contributed by atoms with Crippen LogP contribution < -0.4 is 0 Å². The first-order valence-corrected chi connectivity index (χ1v) is 3.91. The highest BCUT2D eigenvalue weighted by atomic mass is 79.9. The van der Waals surface area contributed by atoms with Crippen molar-refractivity contribution >= 4 is 21.7 Å². The van der Waals surface area contributed by atoms with E-state index in [0.29, 0.717) is 4.47 Å². The SMILES string of the molecule is O=C(c1c#cc(Br)cc1)C(F)(F)F. The van der Waals surface area contributed by atoms with E-state index in [4.69, 9.17) is 0 Å². The fraction of sp³-hybridized carbons (Fsp3) is 0.125. The molecule has 0 aliphatic rings. The van der Waals surface area contributed by atoms with Gasteiger partial charge in [-0.2, -0.15) is 13.2 Å². The van der Waals surface area contributed by atoms with Gasteiger partial charge in [-0.1, -0.05) is 12.1 Å². The molecule has 1 rings (SSSR count). The molecule has 0 aliphatic carbocycles. The fourth-order valence-corrected chi connectivity index (χ4v) is 0.883. The molecule has 0 atom stereocenters. The first-order chi connectivity index (χ1) is 5.91. The van der Waals surface area contributed by atoms with Crippen LogP contribution >= 0.6 is 15.9 Å². The van der Waals surface area contributed by atoms with Crippen LogP contribution in [0.4, 0.5) is 13.2 Å². The van der Waals surface area contributed by atoms with Gasteiger partial charge in [-0.3, -0.25) is 4.79 Å². The largest absolute Gasteiger partial charge is 0.455 e. The Morgan fingerprint density at radius 3 is 2.31 bits per heavy atom. The van der Waals surface area contributed by atoms with Crippen LogP contribution in [-0.2, 0) is 0 Å². The molecule has 0 aliphatic heterocycles. The zero-order valence-corrected chi connectivity index (χ0v) is 7.66. The Balaban J connectivity index is 2.97. The second-order valence-corrected chi connectivity index (χ2v) is 3.03. The first kappa shape index (κ1) is 10.1. The zero-order valence-electron chi connectivity index (χ0n) is 6.07. The maximum absolute atomic E-state index is 11.8. The average Bonchev–Trinajstić information content (AvgIpc) is 2.03. The Morgan fingerprint density at radius 2 is 1.92 bits per heavy atom. The second kappa shape index (κ2) is 3.38. The summed E-state index contributed by atoms with van der Waals surface area (Å²) in [6.45, 7) is 0. The van der Waals surface area contributed by atoms with Crippen molar-refractivity contribution in [3.05, 3.63) is 34.3 Å². The first-order valence-electron chi connectivity index (χ1n) is 3.12. The molecule has 0 amide bonds. The molecule has 0 aromatic heterocycles. The second-order valence-electron chi connectivity index (χ2n) is 2.17. The smallest absolute Gasteiger partial charge is 0.283 e. The van der Waals surface area contributed by atoms with E-state index in [1.54, 1.807) is 0 Å². The van der Waals surface area contributed by atoms with E-state index in [9.17, 15) is 18.0 Å². The van der Waals surface area contributed by atoms with Crippen LogP contribution in [0.3, 0.4) is 0 Å². The number of alkyl halides is 3. The molecule has 0 saturated heterocycles. The molecule has 1 aromatic carbocycles. The summed E-state index contributed by atoms with van der Waals surface area (Å²) in [5.74, 6) is -1.91. The number of carbonyl (C=O) groups is 1. The summed E-state index contributed by atoms with van der Waals surface area (Å²) in [6.07, 6.45) is -4.85. The lowest BCUT2D eigenvalue weighted by molar-refractivity contribution is -0.0885. The van der Waals surface area contributed by atoms with Gasteiger partial charge in [0.05, 0.1) is 10.0 Å². The normalized spacial score (nSPS) is 10.8. The van der Waals surface area contributed by atoms with E-state index < -0.39 is 17.5 Å². The van der Waals surface area contributed by atoms with Gasteiger partial charge in [0.15, 0.2) is 0 Å². The van der Waals surface area contributed by atoms with Crippen molar-refractivity contribution in [1.82, 2.24) is 0 Å². The van der Waals surface area contributed by atoms with Crippen LogP contribution in [0.5, 0.6) is 0 Å². The van der Waals surface area contributed by atoms with Gasteiger partial charge in [0.1, 0.15) is 0 Å². The zero-order chi connectivity index (χ0) is 10.1. The number of halogens is 4. The molecular weight excluding hydrogens is 249 g/mol. The Morgan fingerprint density at radius 1 is 1.31 bits per heavy atom. The molecule has 13 heavy (non-hydrogen) atoms. The van der Waals surface area contributed by atoms with Crippen LogP contribution in [0.25, 0.3) is 0 Å². The molecular formula is C8H2BrF3O. The number of hydrogen-bond donors (Lipinski definition) is 0. The van der Waals surface area contributed by atoms with Crippen LogP contribution in [0.1, 0.15) is 10.4 Å². The van der Waals surface area contributed by atoms with Crippen LogP contribution in [-0.4, -0.2) is 12.0 Å². The Hall–Kier alpha value is -1.02. The lowest BCUT2D eigenvalue weighted by Crippen LogP contribution is -2.22. The van der Waals surface area contributed by atoms with Crippen LogP contribution in [0, 0.1) is 12.1 Å². The molecule has 0 spiro atoms. The molecule has 0 unspecified atom stereocenters. The lowest BCUT2D eigenvalue weighted by Gasteiger charge is -2.01. The van der Waals surface area contributed by atoms with E-state index in [-0.39, 0.29) is 0 Å². The highest BCUT2D eigenvalue weighted by Gasteiger charge is 2.39. The lowest BCUT2D eigenvalue weighted by atomic mass is 10.2. The molecule has 0 radical (unpaired) electrons. The maximum Gasteiger partial charge on any atom is 0.455 e. The van der Waals surface area contributed by atoms with E-state index in [2.05, 4.69) is 28.1 Å². The van der Waals surface area contributed by atoms with Gasteiger partial charge in [-0.05, 0) is 28.1 Å². The van der Waals surface area contributed by atoms with E-state index >= 15 is 0 Å². The van der Waals surface area contributed by atoms with Gasteiger partial charge in [-0.25, -0.2) is 0 Å². The van der Waals surface area contributed by atoms with Gasteiger partial charge in [-0.15, -0.1) is 0 Å². The standard InChI is InChI=1S/C8H2BrF3O/c9-6-3-1-5(2-4-6)7(13)8(10,11)12/h1,3H. The number of hydrogen-bond acceptors (Lipinski definition) is 1. The Kier molecular flexibility index (Phi) is 2.62. The van der Waals surface area contributed by atoms with Crippen molar-refractivity contribution in [3.8, 4) is 0 Å². The Bertz CT molecular complexity index is 315. The average molecular weight is 251 g/mol. The highest BCUT2D eigenvalue weighted by molar-refractivity contribution is 9.10. The van der Waals surface area contributed by atoms with Crippen molar-refractivity contribution in [2.24, 2.45) is 0 Å². The number of carbonyl (C=O) groups excluding carboxylic acids is 1. The maximum atomic E-state index is 11.8. The summed E-state index contributed by atoms with van der Waals surface area (Å²) in [4.78, 5) is 10.6. The number of ketones is 1. The van der Waals surface area contributed by atoms with Gasteiger partial charge >= 0.3 is 6.18 Å².